The van der Waals surface area contributed by atoms with Gasteiger partial charge in [-0.3, -0.25) is 5.14 Å². The molecule has 0 radical (unpaired) electrons. The van der Waals surface area contributed by atoms with Crippen molar-refractivity contribution in [2.45, 2.75) is 18.0 Å². The van der Waals surface area contributed by atoms with Gasteiger partial charge in [0, 0.05) is 25.1 Å². The lowest BCUT2D eigenvalue weighted by Gasteiger charge is -2.16. The van der Waals surface area contributed by atoms with Gasteiger partial charge in [-0.1, -0.05) is 0 Å². The molecule has 1 aromatic heterocycles. The van der Waals surface area contributed by atoms with E-state index in [1.165, 1.54) is 11.9 Å². The van der Waals surface area contributed by atoms with Crippen molar-refractivity contribution >= 4 is 11.9 Å². The lowest BCUT2D eigenvalue weighted by Crippen LogP contribution is -2.25. The maximum absolute atomic E-state index is 5.47. The highest BCUT2D eigenvalue weighted by atomic mass is 32.2. The van der Waals surface area contributed by atoms with Crippen LogP contribution in [0.3, 0.4) is 0 Å². The number of aromatic nitrogens is 2. The van der Waals surface area contributed by atoms with Gasteiger partial charge in [0.05, 0.1) is 5.69 Å². The molecule has 0 saturated carbocycles. The Labute approximate surface area is 75.1 Å². The fraction of sp³-hybridized carbons (Fsp3) is 0.429. The Morgan fingerprint density at radius 3 is 3.25 bits per heavy atom. The third-order valence-corrected chi connectivity index (χ3v) is 2.52. The molecule has 1 aliphatic heterocycles. The summed E-state index contributed by atoms with van der Waals surface area (Å²) in [4.78, 5) is 8.31. The van der Waals surface area contributed by atoms with Crippen molar-refractivity contribution in [3.05, 3.63) is 17.6 Å². The summed E-state index contributed by atoms with van der Waals surface area (Å²) >= 11 is 1.19. The molecule has 0 aromatic carbocycles. The zero-order valence-corrected chi connectivity index (χ0v) is 7.40. The minimum atomic E-state index is 0.843. The van der Waals surface area contributed by atoms with Crippen molar-refractivity contribution in [1.29, 1.82) is 0 Å². The number of nitrogens with one attached hydrogen (secondary N) is 1. The number of nitrogens with zero attached hydrogens (tertiary/aromatic N) is 2. The molecular formula is C7H10N4S. The van der Waals surface area contributed by atoms with E-state index in [0.717, 1.165) is 35.8 Å². The molecule has 64 valence electrons. The van der Waals surface area contributed by atoms with Gasteiger partial charge in [0.25, 0.3) is 0 Å². The summed E-state index contributed by atoms with van der Waals surface area (Å²) in [6, 6.07) is 0. The van der Waals surface area contributed by atoms with Gasteiger partial charge in [-0.2, -0.15) is 0 Å². The maximum Gasteiger partial charge on any atom is 0.119 e. The molecule has 3 N–H and O–H groups in total. The second-order valence-electron chi connectivity index (χ2n) is 2.65. The Hall–Kier alpha value is -0.650. The molecule has 0 unspecified atom stereocenters. The van der Waals surface area contributed by atoms with E-state index in [1.807, 2.05) is 0 Å². The van der Waals surface area contributed by atoms with Crippen LogP contribution in [0.15, 0.2) is 11.4 Å². The standard InChI is InChI=1S/C7H10N4S/c8-12-7-5-3-9-2-1-6(5)10-4-11-7/h4,9H,1-3,8H2. The van der Waals surface area contributed by atoms with E-state index in [9.17, 15) is 0 Å². The van der Waals surface area contributed by atoms with E-state index in [2.05, 4.69) is 15.3 Å². The summed E-state index contributed by atoms with van der Waals surface area (Å²) in [5.74, 6) is 0. The van der Waals surface area contributed by atoms with Crippen molar-refractivity contribution < 1.29 is 0 Å². The first kappa shape index (κ1) is 7.97. The lowest BCUT2D eigenvalue weighted by molar-refractivity contribution is 0.611. The molecule has 4 nitrogen and oxygen atoms in total. The van der Waals surface area contributed by atoms with Gasteiger partial charge < -0.3 is 5.32 Å². The van der Waals surface area contributed by atoms with Gasteiger partial charge in [-0.05, 0) is 11.9 Å². The smallest absolute Gasteiger partial charge is 0.119 e. The molecule has 12 heavy (non-hydrogen) atoms. The second-order valence-corrected chi connectivity index (χ2v) is 3.27. The Morgan fingerprint density at radius 1 is 1.50 bits per heavy atom. The third-order valence-electron chi connectivity index (χ3n) is 1.95. The van der Waals surface area contributed by atoms with Gasteiger partial charge in [0.15, 0.2) is 0 Å². The van der Waals surface area contributed by atoms with Crippen LogP contribution >= 0.6 is 11.9 Å². The molecule has 0 atom stereocenters. The maximum atomic E-state index is 5.47. The Balaban J connectivity index is 2.44. The Bertz CT molecular complexity index is 274. The molecule has 0 saturated heterocycles. The van der Waals surface area contributed by atoms with E-state index in [-0.39, 0.29) is 0 Å². The minimum Gasteiger partial charge on any atom is -0.312 e. The predicted molar refractivity (Wildman–Crippen MR) is 47.5 cm³/mol. The van der Waals surface area contributed by atoms with E-state index >= 15 is 0 Å². The monoisotopic (exact) mass is 182 g/mol. The van der Waals surface area contributed by atoms with Crippen molar-refractivity contribution in [2.75, 3.05) is 6.54 Å². The first-order valence-electron chi connectivity index (χ1n) is 3.82. The summed E-state index contributed by atoms with van der Waals surface area (Å²) in [7, 11) is 0. The third kappa shape index (κ3) is 1.31. The highest BCUT2D eigenvalue weighted by Gasteiger charge is 2.13. The number of nitrogens with two attached hydrogens (primary N) is 1. The van der Waals surface area contributed by atoms with E-state index in [1.54, 1.807) is 6.33 Å². The van der Waals surface area contributed by atoms with Crippen LogP contribution in [0.25, 0.3) is 0 Å². The highest BCUT2D eigenvalue weighted by molar-refractivity contribution is 7.97. The fourth-order valence-corrected chi connectivity index (χ4v) is 1.79. The van der Waals surface area contributed by atoms with Crippen LogP contribution in [0.5, 0.6) is 0 Å². The van der Waals surface area contributed by atoms with Crippen LogP contribution in [0.2, 0.25) is 0 Å². The second kappa shape index (κ2) is 3.38. The quantitative estimate of drug-likeness (QED) is 0.476. The van der Waals surface area contributed by atoms with Crippen LogP contribution in [0.1, 0.15) is 11.3 Å². The normalized spacial score (nSPS) is 15.8. The molecule has 0 spiro atoms. The van der Waals surface area contributed by atoms with Crippen LogP contribution in [-0.4, -0.2) is 16.5 Å². The SMILES string of the molecule is NSc1ncnc2c1CNCC2. The van der Waals surface area contributed by atoms with Crippen molar-refractivity contribution in [3.63, 3.8) is 0 Å². The van der Waals surface area contributed by atoms with Crippen molar-refractivity contribution in [3.8, 4) is 0 Å². The van der Waals surface area contributed by atoms with Gasteiger partial charge in [0.2, 0.25) is 0 Å². The van der Waals surface area contributed by atoms with Crippen molar-refractivity contribution in [1.82, 2.24) is 15.3 Å². The molecular weight excluding hydrogens is 172 g/mol. The Morgan fingerprint density at radius 2 is 2.42 bits per heavy atom. The highest BCUT2D eigenvalue weighted by Crippen LogP contribution is 2.19. The zero-order chi connectivity index (χ0) is 8.39. The summed E-state index contributed by atoms with van der Waals surface area (Å²) < 4.78 is 0. The summed E-state index contributed by atoms with van der Waals surface area (Å²) in [5, 5.41) is 9.63. The van der Waals surface area contributed by atoms with Gasteiger partial charge >= 0.3 is 0 Å². The van der Waals surface area contributed by atoms with Gasteiger partial charge in [0.1, 0.15) is 11.4 Å². The van der Waals surface area contributed by atoms with Crippen LogP contribution in [-0.2, 0) is 13.0 Å². The van der Waals surface area contributed by atoms with E-state index in [4.69, 9.17) is 5.14 Å². The van der Waals surface area contributed by atoms with E-state index < -0.39 is 0 Å². The fourth-order valence-electron chi connectivity index (χ4n) is 1.35. The molecule has 0 amide bonds. The van der Waals surface area contributed by atoms with Gasteiger partial charge in [-0.25, -0.2) is 9.97 Å². The molecule has 0 fully saturated rings. The largest absolute Gasteiger partial charge is 0.312 e. The molecule has 1 aromatic rings. The molecule has 1 aliphatic rings. The number of rotatable bonds is 1. The average Bonchev–Trinajstić information content (AvgIpc) is 2.17. The Kier molecular flexibility index (Phi) is 2.25. The summed E-state index contributed by atoms with van der Waals surface area (Å²) in [5.41, 5.74) is 2.30. The number of hydrogen-bond acceptors (Lipinski definition) is 5. The van der Waals surface area contributed by atoms with Crippen molar-refractivity contribution in [2.24, 2.45) is 5.14 Å². The minimum absolute atomic E-state index is 0.843. The molecule has 0 bridgehead atoms. The summed E-state index contributed by atoms with van der Waals surface area (Å²) in [6.07, 6.45) is 2.56. The van der Waals surface area contributed by atoms with Crippen LogP contribution in [0.4, 0.5) is 0 Å². The molecule has 0 aliphatic carbocycles. The van der Waals surface area contributed by atoms with Crippen LogP contribution < -0.4 is 10.5 Å². The topological polar surface area (TPSA) is 63.8 Å². The molecule has 5 heteroatoms. The van der Waals surface area contributed by atoms with E-state index in [0.29, 0.717) is 0 Å². The number of hydrogen-bond donors (Lipinski definition) is 2. The first-order chi connectivity index (χ1) is 5.92. The first-order valence-corrected chi connectivity index (χ1v) is 4.70. The summed E-state index contributed by atoms with van der Waals surface area (Å²) in [6.45, 7) is 1.84. The molecule has 2 rings (SSSR count). The van der Waals surface area contributed by atoms with Gasteiger partial charge in [-0.15, -0.1) is 0 Å². The predicted octanol–water partition coefficient (Wildman–Crippen LogP) is 0.0881. The number of fused-ring (bicyclic) bond motifs is 1. The van der Waals surface area contributed by atoms with Crippen LogP contribution in [0, 0.1) is 0 Å². The zero-order valence-electron chi connectivity index (χ0n) is 6.58. The molecule has 2 heterocycles. The lowest BCUT2D eigenvalue weighted by atomic mass is 10.1. The average molecular weight is 182 g/mol.